The summed E-state index contributed by atoms with van der Waals surface area (Å²) >= 11 is 3.22. The van der Waals surface area contributed by atoms with Gasteiger partial charge >= 0.3 is 0 Å². The van der Waals surface area contributed by atoms with E-state index in [2.05, 4.69) is 26.0 Å². The van der Waals surface area contributed by atoms with Crippen LogP contribution in [-0.2, 0) is 0 Å². The minimum atomic E-state index is -0.0442. The first-order valence-electron chi connectivity index (χ1n) is 3.95. The Balaban J connectivity index is 2.75. The van der Waals surface area contributed by atoms with Gasteiger partial charge in [0.15, 0.2) is 5.65 Å². The first-order chi connectivity index (χ1) is 6.18. The van der Waals surface area contributed by atoms with Gasteiger partial charge in [-0.2, -0.15) is 0 Å². The number of hydrogen-bond acceptors (Lipinski definition) is 3. The van der Waals surface area contributed by atoms with Crippen molar-refractivity contribution in [3.63, 3.8) is 0 Å². The molecule has 0 amide bonds. The van der Waals surface area contributed by atoms with Crippen molar-refractivity contribution < 1.29 is 0 Å². The Morgan fingerprint density at radius 2 is 2.31 bits per heavy atom. The minimum Gasteiger partial charge on any atom is -0.323 e. The maximum atomic E-state index is 5.79. The van der Waals surface area contributed by atoms with Crippen LogP contribution in [0.4, 0.5) is 0 Å². The molecule has 4 nitrogen and oxygen atoms in total. The van der Waals surface area contributed by atoms with Crippen LogP contribution in [0.3, 0.4) is 0 Å². The minimum absolute atomic E-state index is 0.0442. The molecule has 0 fully saturated rings. The predicted molar refractivity (Wildman–Crippen MR) is 53.3 cm³/mol. The monoisotopic (exact) mass is 240 g/mol. The van der Waals surface area contributed by atoms with E-state index >= 15 is 0 Å². The van der Waals surface area contributed by atoms with E-state index in [1.807, 2.05) is 25.1 Å². The van der Waals surface area contributed by atoms with Crippen molar-refractivity contribution in [1.29, 1.82) is 0 Å². The van der Waals surface area contributed by atoms with E-state index < -0.39 is 0 Å². The average molecular weight is 241 g/mol. The molecule has 2 rings (SSSR count). The molecule has 13 heavy (non-hydrogen) atoms. The molecule has 2 aromatic heterocycles. The highest BCUT2D eigenvalue weighted by atomic mass is 79.9. The molecule has 2 aromatic rings. The summed E-state index contributed by atoms with van der Waals surface area (Å²) in [6.45, 7) is 1.92. The average Bonchev–Trinajstić information content (AvgIpc) is 2.43. The van der Waals surface area contributed by atoms with Gasteiger partial charge < -0.3 is 5.73 Å². The van der Waals surface area contributed by atoms with E-state index in [0.717, 1.165) is 11.3 Å². The van der Waals surface area contributed by atoms with Crippen molar-refractivity contribution >= 4 is 21.6 Å². The highest BCUT2D eigenvalue weighted by Crippen LogP contribution is 2.13. The van der Waals surface area contributed by atoms with Crippen LogP contribution in [-0.4, -0.2) is 14.6 Å². The topological polar surface area (TPSA) is 56.2 Å². The molecule has 0 saturated heterocycles. The fourth-order valence-corrected chi connectivity index (χ4v) is 1.58. The maximum absolute atomic E-state index is 5.79. The Labute approximate surface area is 83.9 Å². The van der Waals surface area contributed by atoms with E-state index in [-0.39, 0.29) is 6.04 Å². The van der Waals surface area contributed by atoms with Gasteiger partial charge in [0.1, 0.15) is 0 Å². The van der Waals surface area contributed by atoms with E-state index in [9.17, 15) is 0 Å². The van der Waals surface area contributed by atoms with Gasteiger partial charge in [-0.1, -0.05) is 6.07 Å². The number of pyridine rings is 1. The molecular formula is C8H9BrN4. The molecule has 5 heteroatoms. The molecular weight excluding hydrogens is 232 g/mol. The third kappa shape index (κ3) is 1.45. The van der Waals surface area contributed by atoms with Crippen LogP contribution >= 0.6 is 15.9 Å². The standard InChI is InChI=1S/C8H9BrN4/c1-5(10)6-3-2-4-7-11-8(9)12-13(6)7/h2-5H,10H2,1H3. The lowest BCUT2D eigenvalue weighted by atomic mass is 10.2. The van der Waals surface area contributed by atoms with Gasteiger partial charge in [-0.25, -0.2) is 9.50 Å². The first-order valence-corrected chi connectivity index (χ1v) is 4.74. The Hall–Kier alpha value is -0.940. The summed E-state index contributed by atoms with van der Waals surface area (Å²) in [6, 6.07) is 5.72. The number of aromatic nitrogens is 3. The molecule has 0 bridgehead atoms. The quantitative estimate of drug-likeness (QED) is 0.823. The molecule has 0 radical (unpaired) electrons. The lowest BCUT2D eigenvalue weighted by Crippen LogP contribution is -2.10. The molecule has 0 aromatic carbocycles. The van der Waals surface area contributed by atoms with Gasteiger partial charge in [0.25, 0.3) is 0 Å². The lowest BCUT2D eigenvalue weighted by Gasteiger charge is -2.06. The van der Waals surface area contributed by atoms with Crippen molar-refractivity contribution in [1.82, 2.24) is 14.6 Å². The Morgan fingerprint density at radius 3 is 3.00 bits per heavy atom. The van der Waals surface area contributed by atoms with Gasteiger partial charge in [0.2, 0.25) is 4.73 Å². The van der Waals surface area contributed by atoms with Crippen molar-refractivity contribution in [3.8, 4) is 0 Å². The first kappa shape index (κ1) is 8.65. The van der Waals surface area contributed by atoms with Crippen LogP contribution < -0.4 is 5.73 Å². The molecule has 0 aliphatic carbocycles. The van der Waals surface area contributed by atoms with Gasteiger partial charge in [0, 0.05) is 6.04 Å². The molecule has 0 aliphatic rings. The summed E-state index contributed by atoms with van der Waals surface area (Å²) in [5, 5.41) is 4.18. The molecule has 2 N–H and O–H groups in total. The molecule has 1 unspecified atom stereocenters. The summed E-state index contributed by atoms with van der Waals surface area (Å²) in [5.41, 5.74) is 7.55. The van der Waals surface area contributed by atoms with E-state index in [1.165, 1.54) is 0 Å². The summed E-state index contributed by atoms with van der Waals surface area (Å²) in [7, 11) is 0. The van der Waals surface area contributed by atoms with Gasteiger partial charge in [-0.15, -0.1) is 5.10 Å². The zero-order chi connectivity index (χ0) is 9.42. The van der Waals surface area contributed by atoms with Crippen LogP contribution in [0.2, 0.25) is 0 Å². The van der Waals surface area contributed by atoms with Gasteiger partial charge in [0.05, 0.1) is 5.69 Å². The lowest BCUT2D eigenvalue weighted by molar-refractivity contribution is 0.726. The third-order valence-corrected chi connectivity index (χ3v) is 2.17. The third-order valence-electron chi connectivity index (χ3n) is 1.83. The highest BCUT2D eigenvalue weighted by molar-refractivity contribution is 9.10. The largest absolute Gasteiger partial charge is 0.323 e. The van der Waals surface area contributed by atoms with E-state index in [0.29, 0.717) is 4.73 Å². The Morgan fingerprint density at radius 1 is 1.54 bits per heavy atom. The predicted octanol–water partition coefficient (Wildman–Crippen LogP) is 1.51. The molecule has 0 saturated carbocycles. The maximum Gasteiger partial charge on any atom is 0.218 e. The molecule has 68 valence electrons. The number of fused-ring (bicyclic) bond motifs is 1. The van der Waals surface area contributed by atoms with Crippen molar-refractivity contribution in [2.75, 3.05) is 0 Å². The normalized spacial score (nSPS) is 13.5. The van der Waals surface area contributed by atoms with Crippen molar-refractivity contribution in [2.24, 2.45) is 5.73 Å². The molecule has 2 heterocycles. The van der Waals surface area contributed by atoms with Crippen LogP contribution in [0.15, 0.2) is 22.9 Å². The van der Waals surface area contributed by atoms with E-state index in [1.54, 1.807) is 4.52 Å². The van der Waals surface area contributed by atoms with Crippen molar-refractivity contribution in [2.45, 2.75) is 13.0 Å². The molecule has 1 atom stereocenters. The number of hydrogen-bond donors (Lipinski definition) is 1. The van der Waals surface area contributed by atoms with Crippen LogP contribution in [0.25, 0.3) is 5.65 Å². The Bertz CT molecular complexity index is 435. The van der Waals surface area contributed by atoms with Gasteiger partial charge in [-0.05, 0) is 35.0 Å². The fraction of sp³-hybridized carbons (Fsp3) is 0.250. The smallest absolute Gasteiger partial charge is 0.218 e. The van der Waals surface area contributed by atoms with E-state index in [4.69, 9.17) is 5.73 Å². The highest BCUT2D eigenvalue weighted by Gasteiger charge is 2.07. The number of rotatable bonds is 1. The second-order valence-electron chi connectivity index (χ2n) is 2.89. The summed E-state index contributed by atoms with van der Waals surface area (Å²) in [6.07, 6.45) is 0. The molecule has 0 aliphatic heterocycles. The summed E-state index contributed by atoms with van der Waals surface area (Å²) in [4.78, 5) is 4.17. The SMILES string of the molecule is CC(N)c1cccc2nc(Br)nn12. The van der Waals surface area contributed by atoms with Gasteiger partial charge in [-0.3, -0.25) is 0 Å². The number of nitrogens with two attached hydrogens (primary N) is 1. The second-order valence-corrected chi connectivity index (χ2v) is 3.60. The number of halogens is 1. The second kappa shape index (κ2) is 3.08. The Kier molecular flexibility index (Phi) is 2.05. The van der Waals surface area contributed by atoms with Crippen molar-refractivity contribution in [3.05, 3.63) is 28.6 Å². The number of nitrogens with zero attached hydrogens (tertiary/aromatic N) is 3. The molecule has 0 spiro atoms. The van der Waals surface area contributed by atoms with Crippen LogP contribution in [0, 0.1) is 0 Å². The van der Waals surface area contributed by atoms with Crippen LogP contribution in [0.5, 0.6) is 0 Å². The zero-order valence-electron chi connectivity index (χ0n) is 7.11. The summed E-state index contributed by atoms with van der Waals surface area (Å²) < 4.78 is 2.33. The summed E-state index contributed by atoms with van der Waals surface area (Å²) in [5.74, 6) is 0. The van der Waals surface area contributed by atoms with Crippen LogP contribution in [0.1, 0.15) is 18.7 Å². The zero-order valence-corrected chi connectivity index (χ0v) is 8.69. The fourth-order valence-electron chi connectivity index (χ4n) is 1.24.